The monoisotopic (exact) mass is 598 g/mol. The summed E-state index contributed by atoms with van der Waals surface area (Å²) in [4.78, 5) is 29.2. The summed E-state index contributed by atoms with van der Waals surface area (Å²) in [5.74, 6) is -2.21. The molecule has 2 amide bonds. The SMILES string of the molecule is CC.CCCNC(=O)CN(CCN(C)C(=O)CN1CCCCC1)Sc1cc(F)c(Oc2ccc(Cl)cc2)c(F)c1. The zero-order valence-electron chi connectivity index (χ0n) is 23.9. The van der Waals surface area contributed by atoms with Crippen LogP contribution >= 0.6 is 23.5 Å². The lowest BCUT2D eigenvalue weighted by molar-refractivity contribution is -0.131. The van der Waals surface area contributed by atoms with Crippen molar-refractivity contribution in [2.24, 2.45) is 0 Å². The van der Waals surface area contributed by atoms with Gasteiger partial charge in [-0.3, -0.25) is 14.5 Å². The van der Waals surface area contributed by atoms with Crippen LogP contribution in [0.2, 0.25) is 5.02 Å². The smallest absolute Gasteiger partial charge is 0.236 e. The van der Waals surface area contributed by atoms with Crippen molar-refractivity contribution in [3.8, 4) is 11.5 Å². The summed E-state index contributed by atoms with van der Waals surface area (Å²) < 4.78 is 36.8. The number of likely N-dealkylation sites (tertiary alicyclic amines) is 1. The molecule has 2 aromatic carbocycles. The highest BCUT2D eigenvalue weighted by Gasteiger charge is 2.20. The Labute approximate surface area is 246 Å². The molecule has 0 saturated carbocycles. The normalized spacial score (nSPS) is 13.4. The number of hydrogen-bond acceptors (Lipinski definition) is 6. The minimum atomic E-state index is -0.869. The molecule has 3 rings (SSSR count). The van der Waals surface area contributed by atoms with E-state index < -0.39 is 17.4 Å². The zero-order chi connectivity index (χ0) is 29.5. The van der Waals surface area contributed by atoms with E-state index in [4.69, 9.17) is 16.3 Å². The molecule has 0 aromatic heterocycles. The maximum Gasteiger partial charge on any atom is 0.236 e. The number of benzene rings is 2. The highest BCUT2D eigenvalue weighted by Crippen LogP contribution is 2.33. The molecule has 1 heterocycles. The lowest BCUT2D eigenvalue weighted by Crippen LogP contribution is -2.43. The predicted octanol–water partition coefficient (Wildman–Crippen LogP) is 6.22. The van der Waals surface area contributed by atoms with Crippen molar-refractivity contribution in [1.29, 1.82) is 0 Å². The maximum absolute atomic E-state index is 14.8. The minimum Gasteiger partial charge on any atom is -0.451 e. The van der Waals surface area contributed by atoms with Crippen LogP contribution in [0.4, 0.5) is 8.78 Å². The number of carbonyl (C=O) groups is 2. The zero-order valence-corrected chi connectivity index (χ0v) is 25.4. The van der Waals surface area contributed by atoms with Crippen LogP contribution in [0, 0.1) is 11.6 Å². The molecule has 0 radical (unpaired) electrons. The average molecular weight is 599 g/mol. The third-order valence-corrected chi connectivity index (χ3v) is 7.32. The second kappa shape index (κ2) is 18.1. The third-order valence-electron chi connectivity index (χ3n) is 6.05. The Morgan fingerprint density at radius 3 is 2.27 bits per heavy atom. The van der Waals surface area contributed by atoms with Crippen molar-refractivity contribution in [1.82, 2.24) is 19.4 Å². The van der Waals surface area contributed by atoms with Gasteiger partial charge in [0.25, 0.3) is 0 Å². The van der Waals surface area contributed by atoms with E-state index in [0.29, 0.717) is 31.2 Å². The van der Waals surface area contributed by atoms with Crippen LogP contribution in [0.5, 0.6) is 11.5 Å². The maximum atomic E-state index is 14.8. The van der Waals surface area contributed by atoms with E-state index in [0.717, 1.165) is 44.3 Å². The molecule has 0 spiro atoms. The molecule has 0 atom stereocenters. The third kappa shape index (κ3) is 11.6. The molecular weight excluding hydrogens is 558 g/mol. The Bertz CT molecular complexity index is 1050. The highest BCUT2D eigenvalue weighted by atomic mass is 35.5. The Balaban J connectivity index is 0.00000274. The Hall–Kier alpha value is -2.40. The van der Waals surface area contributed by atoms with Crippen LogP contribution in [-0.2, 0) is 9.59 Å². The van der Waals surface area contributed by atoms with Gasteiger partial charge in [-0.15, -0.1) is 0 Å². The average Bonchev–Trinajstić information content (AvgIpc) is 2.95. The first-order chi connectivity index (χ1) is 19.2. The number of hydrogen-bond donors (Lipinski definition) is 1. The van der Waals surface area contributed by atoms with E-state index in [-0.39, 0.29) is 29.0 Å². The van der Waals surface area contributed by atoms with Gasteiger partial charge in [-0.1, -0.05) is 38.8 Å². The highest BCUT2D eigenvalue weighted by molar-refractivity contribution is 7.97. The first-order valence-corrected chi connectivity index (χ1v) is 15.0. The number of likely N-dealkylation sites (N-methyl/N-ethyl adjacent to an activating group) is 1. The standard InChI is InChI=1S/C27H35ClF2N4O3S.C2H6/c1-3-11-31-25(35)18-34(15-14-32(2)26(36)19-33-12-5-4-6-13-33)38-22-16-23(29)27(24(30)17-22)37-21-9-7-20(28)8-10-21;1-2/h7-10,16-17H,3-6,11-15,18-19H2,1-2H3,(H,31,35);1-2H3. The second-order valence-corrected chi connectivity index (χ2v) is 10.8. The minimum absolute atomic E-state index is 0.00505. The van der Waals surface area contributed by atoms with Gasteiger partial charge in [0.2, 0.25) is 11.8 Å². The number of rotatable bonds is 13. The Morgan fingerprint density at radius 1 is 1.05 bits per heavy atom. The quantitative estimate of drug-likeness (QED) is 0.276. The van der Waals surface area contributed by atoms with Crippen molar-refractivity contribution in [3.63, 3.8) is 0 Å². The number of carbonyl (C=O) groups excluding carboxylic acids is 2. The molecule has 1 N–H and O–H groups in total. The van der Waals surface area contributed by atoms with Crippen LogP contribution in [0.25, 0.3) is 0 Å². The van der Waals surface area contributed by atoms with Crippen molar-refractivity contribution in [2.45, 2.75) is 51.3 Å². The summed E-state index contributed by atoms with van der Waals surface area (Å²) in [6, 6.07) is 8.49. The summed E-state index contributed by atoms with van der Waals surface area (Å²) in [5.41, 5.74) is 0. The molecule has 0 aliphatic carbocycles. The van der Waals surface area contributed by atoms with Gasteiger partial charge in [0.15, 0.2) is 17.4 Å². The summed E-state index contributed by atoms with van der Waals surface area (Å²) in [5, 5.41) is 3.30. The second-order valence-electron chi connectivity index (χ2n) is 9.23. The van der Waals surface area contributed by atoms with E-state index >= 15 is 0 Å². The lowest BCUT2D eigenvalue weighted by Gasteiger charge is -2.29. The van der Waals surface area contributed by atoms with E-state index in [1.165, 1.54) is 30.7 Å². The molecule has 1 aliphatic heterocycles. The molecule has 1 aliphatic rings. The van der Waals surface area contributed by atoms with E-state index in [1.54, 1.807) is 28.4 Å². The fraction of sp³-hybridized carbons (Fsp3) is 0.517. The van der Waals surface area contributed by atoms with Gasteiger partial charge in [0, 0.05) is 36.6 Å². The molecule has 1 fully saturated rings. The van der Waals surface area contributed by atoms with Gasteiger partial charge in [0.05, 0.1) is 13.1 Å². The first kappa shape index (κ1) is 33.8. The number of nitrogens with zero attached hydrogens (tertiary/aromatic N) is 3. The molecule has 40 heavy (non-hydrogen) atoms. The Morgan fingerprint density at radius 2 is 1.68 bits per heavy atom. The topological polar surface area (TPSA) is 65.1 Å². The summed E-state index contributed by atoms with van der Waals surface area (Å²) >= 11 is 6.91. The lowest BCUT2D eigenvalue weighted by atomic mass is 10.1. The molecular formula is C29H41ClF2N4O3S. The van der Waals surface area contributed by atoms with Crippen molar-refractivity contribution in [3.05, 3.63) is 53.1 Å². The summed E-state index contributed by atoms with van der Waals surface area (Å²) in [7, 11) is 1.73. The largest absolute Gasteiger partial charge is 0.451 e. The van der Waals surface area contributed by atoms with Crippen LogP contribution < -0.4 is 10.1 Å². The van der Waals surface area contributed by atoms with Crippen LogP contribution in [-0.4, -0.2) is 78.8 Å². The molecule has 1 saturated heterocycles. The van der Waals surface area contributed by atoms with Gasteiger partial charge in [-0.05, 0) is 80.7 Å². The molecule has 11 heteroatoms. The van der Waals surface area contributed by atoms with Gasteiger partial charge in [-0.2, -0.15) is 0 Å². The number of nitrogens with one attached hydrogen (secondary N) is 1. The number of amides is 2. The van der Waals surface area contributed by atoms with Gasteiger partial charge in [0.1, 0.15) is 5.75 Å². The fourth-order valence-corrected chi connectivity index (χ4v) is 5.00. The number of ether oxygens (including phenoxy) is 1. The predicted molar refractivity (Wildman–Crippen MR) is 158 cm³/mol. The van der Waals surface area contributed by atoms with E-state index in [2.05, 4.69) is 10.2 Å². The number of halogens is 3. The molecule has 0 bridgehead atoms. The fourth-order valence-electron chi connectivity index (χ4n) is 3.91. The van der Waals surface area contributed by atoms with E-state index in [9.17, 15) is 18.4 Å². The molecule has 0 unspecified atom stereocenters. The molecule has 222 valence electrons. The Kier molecular flexibility index (Phi) is 15.3. The first-order valence-electron chi connectivity index (χ1n) is 13.8. The van der Waals surface area contributed by atoms with Crippen LogP contribution in [0.1, 0.15) is 46.5 Å². The number of piperidine rings is 1. The van der Waals surface area contributed by atoms with Gasteiger partial charge in [-0.25, -0.2) is 13.1 Å². The van der Waals surface area contributed by atoms with Crippen LogP contribution in [0.15, 0.2) is 41.3 Å². The van der Waals surface area contributed by atoms with Crippen LogP contribution in [0.3, 0.4) is 0 Å². The van der Waals surface area contributed by atoms with Crippen molar-refractivity contribution in [2.75, 3.05) is 52.9 Å². The molecule has 2 aromatic rings. The van der Waals surface area contributed by atoms with E-state index in [1.807, 2.05) is 20.8 Å². The van der Waals surface area contributed by atoms with Gasteiger partial charge < -0.3 is 15.0 Å². The summed E-state index contributed by atoms with van der Waals surface area (Å²) in [6.07, 6.45) is 4.19. The van der Waals surface area contributed by atoms with Crippen molar-refractivity contribution < 1.29 is 23.1 Å². The van der Waals surface area contributed by atoms with Gasteiger partial charge >= 0.3 is 0 Å². The van der Waals surface area contributed by atoms with Crippen molar-refractivity contribution >= 4 is 35.4 Å². The summed E-state index contributed by atoms with van der Waals surface area (Å²) in [6.45, 7) is 9.40. The molecule has 7 nitrogen and oxygen atoms in total.